The number of aromatic nitrogens is 1. The summed E-state index contributed by atoms with van der Waals surface area (Å²) in [6, 6.07) is 16.9. The van der Waals surface area contributed by atoms with Crippen molar-refractivity contribution in [1.82, 2.24) is 9.88 Å². The number of ether oxygens (including phenoxy) is 1. The second-order valence-electron chi connectivity index (χ2n) is 8.21. The van der Waals surface area contributed by atoms with Crippen LogP contribution in [-0.2, 0) is 9.59 Å². The summed E-state index contributed by atoms with van der Waals surface area (Å²) in [7, 11) is 0. The molecule has 0 aliphatic carbocycles. The first kappa shape index (κ1) is 22.9. The fourth-order valence-corrected chi connectivity index (χ4v) is 4.61. The molecule has 7 nitrogen and oxygen atoms in total. The van der Waals surface area contributed by atoms with Crippen molar-refractivity contribution in [1.29, 1.82) is 0 Å². The van der Waals surface area contributed by atoms with Crippen molar-refractivity contribution in [3.05, 3.63) is 65.2 Å². The standard InChI is InChI=1S/C25H28N4O3S/c1-17-18(2)33-25(26-17)28-23(30)16-29-14-6-7-19(15-29)24(31)27-20-10-12-22(13-11-20)32-21-8-4-3-5-9-21/h3-5,8-13,19H,6-7,14-16H2,1-2H3,(H,27,31)(H,26,28,30). The van der Waals surface area contributed by atoms with Crippen LogP contribution in [0.4, 0.5) is 10.8 Å². The van der Waals surface area contributed by atoms with Crippen LogP contribution in [0.15, 0.2) is 54.6 Å². The average Bonchev–Trinajstić information content (AvgIpc) is 3.12. The van der Waals surface area contributed by atoms with Gasteiger partial charge in [0.2, 0.25) is 11.8 Å². The third-order valence-electron chi connectivity index (χ3n) is 5.62. The second kappa shape index (κ2) is 10.6. The van der Waals surface area contributed by atoms with Gasteiger partial charge in [0.1, 0.15) is 11.5 Å². The van der Waals surface area contributed by atoms with Crippen LogP contribution in [0.1, 0.15) is 23.4 Å². The van der Waals surface area contributed by atoms with Crippen molar-refractivity contribution in [2.75, 3.05) is 30.3 Å². The van der Waals surface area contributed by atoms with Gasteiger partial charge < -0.3 is 15.4 Å². The quantitative estimate of drug-likeness (QED) is 0.523. The van der Waals surface area contributed by atoms with Crippen LogP contribution in [0, 0.1) is 19.8 Å². The number of likely N-dealkylation sites (tertiary alicyclic amines) is 1. The molecule has 1 aromatic heterocycles. The number of para-hydroxylation sites is 1. The first-order valence-corrected chi connectivity index (χ1v) is 11.9. The Morgan fingerprint density at radius 1 is 1.06 bits per heavy atom. The van der Waals surface area contributed by atoms with Gasteiger partial charge in [0.25, 0.3) is 0 Å². The van der Waals surface area contributed by atoms with Crippen molar-refractivity contribution in [3.63, 3.8) is 0 Å². The first-order chi connectivity index (χ1) is 16.0. The highest BCUT2D eigenvalue weighted by molar-refractivity contribution is 7.15. The van der Waals surface area contributed by atoms with E-state index < -0.39 is 0 Å². The van der Waals surface area contributed by atoms with E-state index in [1.54, 1.807) is 0 Å². The molecular weight excluding hydrogens is 436 g/mol. The van der Waals surface area contributed by atoms with Gasteiger partial charge in [-0.25, -0.2) is 4.98 Å². The van der Waals surface area contributed by atoms with Gasteiger partial charge in [-0.2, -0.15) is 0 Å². The third-order valence-corrected chi connectivity index (χ3v) is 6.61. The SMILES string of the molecule is Cc1nc(NC(=O)CN2CCCC(C(=O)Nc3ccc(Oc4ccccc4)cc3)C2)sc1C. The maximum absolute atomic E-state index is 12.8. The summed E-state index contributed by atoms with van der Waals surface area (Å²) >= 11 is 1.48. The van der Waals surface area contributed by atoms with Crippen molar-refractivity contribution in [2.24, 2.45) is 5.92 Å². The summed E-state index contributed by atoms with van der Waals surface area (Å²) < 4.78 is 5.80. The fraction of sp³-hybridized carbons (Fsp3) is 0.320. The maximum Gasteiger partial charge on any atom is 0.240 e. The highest BCUT2D eigenvalue weighted by Crippen LogP contribution is 2.24. The number of benzene rings is 2. The minimum Gasteiger partial charge on any atom is -0.457 e. The van der Waals surface area contributed by atoms with Crippen LogP contribution in [0.5, 0.6) is 11.5 Å². The van der Waals surface area contributed by atoms with Gasteiger partial charge in [0.15, 0.2) is 5.13 Å². The largest absolute Gasteiger partial charge is 0.457 e. The van der Waals surface area contributed by atoms with Crippen LogP contribution in [-0.4, -0.2) is 41.3 Å². The average molecular weight is 465 g/mol. The predicted octanol–water partition coefficient (Wildman–Crippen LogP) is 4.84. The molecule has 2 heterocycles. The number of hydrogen-bond acceptors (Lipinski definition) is 6. The summed E-state index contributed by atoms with van der Waals surface area (Å²) in [6.45, 7) is 5.54. The van der Waals surface area contributed by atoms with E-state index in [2.05, 4.69) is 15.6 Å². The van der Waals surface area contributed by atoms with E-state index in [1.807, 2.05) is 73.3 Å². The number of carbonyl (C=O) groups is 2. The predicted molar refractivity (Wildman–Crippen MR) is 131 cm³/mol. The van der Waals surface area contributed by atoms with E-state index in [1.165, 1.54) is 11.3 Å². The van der Waals surface area contributed by atoms with Crippen LogP contribution in [0.2, 0.25) is 0 Å². The molecule has 0 radical (unpaired) electrons. The van der Waals surface area contributed by atoms with Gasteiger partial charge in [0.05, 0.1) is 18.2 Å². The third kappa shape index (κ3) is 6.40. The second-order valence-corrected chi connectivity index (χ2v) is 9.41. The number of nitrogens with zero attached hydrogens (tertiary/aromatic N) is 2. The summed E-state index contributed by atoms with van der Waals surface area (Å²) in [5.41, 5.74) is 1.66. The van der Waals surface area contributed by atoms with Crippen LogP contribution in [0.25, 0.3) is 0 Å². The summed E-state index contributed by atoms with van der Waals surface area (Å²) in [6.07, 6.45) is 1.69. The number of rotatable bonds is 7. The Morgan fingerprint density at radius 3 is 2.48 bits per heavy atom. The molecule has 3 aromatic rings. The molecule has 1 aliphatic heterocycles. The van der Waals surface area contributed by atoms with Gasteiger partial charge in [0, 0.05) is 17.1 Å². The Morgan fingerprint density at radius 2 is 1.79 bits per heavy atom. The lowest BCUT2D eigenvalue weighted by atomic mass is 9.97. The Balaban J connectivity index is 1.27. The fourth-order valence-electron chi connectivity index (χ4n) is 3.78. The summed E-state index contributed by atoms with van der Waals surface area (Å²) in [5, 5.41) is 6.49. The zero-order valence-electron chi connectivity index (χ0n) is 18.8. The van der Waals surface area contributed by atoms with Crippen molar-refractivity contribution in [3.8, 4) is 11.5 Å². The lowest BCUT2D eigenvalue weighted by Crippen LogP contribution is -2.43. The summed E-state index contributed by atoms with van der Waals surface area (Å²) in [5.74, 6) is 1.19. The lowest BCUT2D eigenvalue weighted by Gasteiger charge is -2.31. The van der Waals surface area contributed by atoms with Crippen LogP contribution in [0.3, 0.4) is 0 Å². The van der Waals surface area contributed by atoms with Gasteiger partial charge >= 0.3 is 0 Å². The molecule has 1 saturated heterocycles. The molecule has 4 rings (SSSR count). The van der Waals surface area contributed by atoms with E-state index in [-0.39, 0.29) is 24.3 Å². The molecule has 172 valence electrons. The molecule has 2 N–H and O–H groups in total. The van der Waals surface area contributed by atoms with E-state index >= 15 is 0 Å². The molecule has 8 heteroatoms. The zero-order valence-corrected chi connectivity index (χ0v) is 19.7. The van der Waals surface area contributed by atoms with Crippen molar-refractivity contribution < 1.29 is 14.3 Å². The van der Waals surface area contributed by atoms with Crippen LogP contribution < -0.4 is 15.4 Å². The number of thiazole rings is 1. The minimum atomic E-state index is -0.156. The highest BCUT2D eigenvalue weighted by atomic mass is 32.1. The van der Waals surface area contributed by atoms with Crippen LogP contribution >= 0.6 is 11.3 Å². The number of nitrogens with one attached hydrogen (secondary N) is 2. The van der Waals surface area contributed by atoms with Gasteiger partial charge in [-0.15, -0.1) is 11.3 Å². The Kier molecular flexibility index (Phi) is 7.36. The molecule has 1 fully saturated rings. The Labute approximate surface area is 197 Å². The molecule has 0 bridgehead atoms. The summed E-state index contributed by atoms with van der Waals surface area (Å²) in [4.78, 5) is 32.8. The van der Waals surface area contributed by atoms with E-state index in [0.717, 1.165) is 41.4 Å². The molecule has 0 saturated carbocycles. The molecule has 0 spiro atoms. The van der Waals surface area contributed by atoms with Crippen molar-refractivity contribution in [2.45, 2.75) is 26.7 Å². The topological polar surface area (TPSA) is 83.6 Å². The number of hydrogen-bond donors (Lipinski definition) is 2. The molecular formula is C25H28N4O3S. The molecule has 33 heavy (non-hydrogen) atoms. The van der Waals surface area contributed by atoms with Gasteiger partial charge in [-0.05, 0) is 69.6 Å². The maximum atomic E-state index is 12.8. The Bertz CT molecular complexity index is 1080. The molecule has 2 amide bonds. The normalized spacial score (nSPS) is 16.2. The molecule has 2 aromatic carbocycles. The van der Waals surface area contributed by atoms with E-state index in [9.17, 15) is 9.59 Å². The monoisotopic (exact) mass is 464 g/mol. The number of carbonyl (C=O) groups excluding carboxylic acids is 2. The number of anilines is 2. The van der Waals surface area contributed by atoms with E-state index in [4.69, 9.17) is 4.74 Å². The Hall–Kier alpha value is -3.23. The molecule has 1 aliphatic rings. The highest BCUT2D eigenvalue weighted by Gasteiger charge is 2.27. The lowest BCUT2D eigenvalue weighted by molar-refractivity contribution is -0.123. The van der Waals surface area contributed by atoms with Gasteiger partial charge in [-0.3, -0.25) is 14.5 Å². The smallest absolute Gasteiger partial charge is 0.240 e. The molecule has 1 unspecified atom stereocenters. The number of piperidine rings is 1. The minimum absolute atomic E-state index is 0.0250. The molecule has 1 atom stereocenters. The zero-order chi connectivity index (χ0) is 23.2. The number of aryl methyl sites for hydroxylation is 2. The van der Waals surface area contributed by atoms with E-state index in [0.29, 0.717) is 17.4 Å². The van der Waals surface area contributed by atoms with Gasteiger partial charge in [-0.1, -0.05) is 18.2 Å². The van der Waals surface area contributed by atoms with Crippen molar-refractivity contribution >= 4 is 34.0 Å². The number of amides is 2. The first-order valence-electron chi connectivity index (χ1n) is 11.1.